The third kappa shape index (κ3) is 17.7. The summed E-state index contributed by atoms with van der Waals surface area (Å²) >= 11 is 0. The minimum Gasteiger partial charge on any atom is -0.389 e. The Bertz CT molecular complexity index is 2770. The van der Waals surface area contributed by atoms with Crippen LogP contribution in [-0.4, -0.2) is 145 Å². The molecule has 2 aromatic carbocycles. The normalized spacial score (nSPS) is 12.9. The largest absolute Gasteiger partial charge is 0.389 e. The Balaban J connectivity index is 0.000000248. The van der Waals surface area contributed by atoms with Crippen molar-refractivity contribution < 1.29 is 64.0 Å². The lowest BCUT2D eigenvalue weighted by atomic mass is 10.1. The maximum atomic E-state index is 12.5. The molecule has 1 aliphatic heterocycles. The van der Waals surface area contributed by atoms with Gasteiger partial charge in [0.15, 0.2) is 11.6 Å². The van der Waals surface area contributed by atoms with E-state index in [-0.39, 0.29) is 45.2 Å². The molecule has 1 saturated heterocycles. The average molecular weight is 1040 g/mol. The van der Waals surface area contributed by atoms with Crippen molar-refractivity contribution in [2.45, 2.75) is 120 Å². The first kappa shape index (κ1) is 58.6. The molecule has 3 amide bonds. The maximum Gasteiger partial charge on any atom is 0.358 e. The molecule has 22 nitrogen and oxygen atoms in total. The van der Waals surface area contributed by atoms with Crippen LogP contribution in [0.5, 0.6) is 0 Å². The first-order valence-corrected chi connectivity index (χ1v) is 24.7. The van der Waals surface area contributed by atoms with Gasteiger partial charge < -0.3 is 63.7 Å². The maximum absolute atomic E-state index is 12.5. The molecule has 0 unspecified atom stereocenters. The standard InChI is InChI=1S/C23H32N4O5.C17H22N4O2.C10H15NO6.C2H6/c1-5-30-11-12-32-14-19(28)26-22-20-21(16-9-7-8-10-17(16)24-22)27(15-23(3,4)29)18(25-20)13-31-6-2;1-4-23-9-13-20-14-15(21(13)10-17(2,3)22)11-7-5-6-8-12(11)19-16(14)18;1-2-15-5-6-16-7-10(14)17-11-8(12)3-4-9(11)13;1-2/h7-10,29H,5-6,11-15H2,1-4H3,(H,24,26,28);5-8,22H,4,9-10H2,1-3H3,(H2,18,19);2-7H2,1H3;1-2H3/i;;;1D. The summed E-state index contributed by atoms with van der Waals surface area (Å²) in [4.78, 5) is 68.9. The first-order chi connectivity index (χ1) is 35.8. The van der Waals surface area contributed by atoms with Crippen molar-refractivity contribution in [3.63, 3.8) is 0 Å². The van der Waals surface area contributed by atoms with Crippen molar-refractivity contribution in [2.75, 3.05) is 77.1 Å². The van der Waals surface area contributed by atoms with Crippen LogP contribution in [0.3, 0.4) is 0 Å². The Hall–Kier alpha value is -6.24. The Morgan fingerprint density at radius 2 is 1.09 bits per heavy atom. The smallest absolute Gasteiger partial charge is 0.358 e. The Morgan fingerprint density at radius 1 is 0.662 bits per heavy atom. The fraction of sp³-hybridized carbons (Fsp3) is 0.538. The monoisotopic (exact) mass is 1030 g/mol. The molecule has 5 N–H and O–H groups in total. The minimum absolute atomic E-state index is 0.0807. The number of nitrogens with two attached hydrogens (primary N) is 1. The van der Waals surface area contributed by atoms with E-state index in [0.717, 1.165) is 33.1 Å². The number of benzene rings is 2. The van der Waals surface area contributed by atoms with Gasteiger partial charge >= 0.3 is 5.97 Å². The molecule has 0 radical (unpaired) electrons. The third-order valence-electron chi connectivity index (χ3n) is 10.4. The summed E-state index contributed by atoms with van der Waals surface area (Å²) < 4.78 is 41.8. The lowest BCUT2D eigenvalue weighted by Gasteiger charge is -2.20. The van der Waals surface area contributed by atoms with E-state index in [1.807, 2.05) is 85.4 Å². The lowest BCUT2D eigenvalue weighted by Crippen LogP contribution is -2.33. The van der Waals surface area contributed by atoms with Gasteiger partial charge in [-0.1, -0.05) is 50.2 Å². The Morgan fingerprint density at radius 3 is 1.58 bits per heavy atom. The number of pyridine rings is 2. The van der Waals surface area contributed by atoms with Gasteiger partial charge in [0.2, 0.25) is 0 Å². The van der Waals surface area contributed by atoms with Crippen LogP contribution in [0.15, 0.2) is 48.5 Å². The van der Waals surface area contributed by atoms with Gasteiger partial charge in [0.1, 0.15) is 49.1 Å². The lowest BCUT2D eigenvalue weighted by molar-refractivity contribution is -0.200. The summed E-state index contributed by atoms with van der Waals surface area (Å²) in [5, 5.41) is 26.0. The molecule has 74 heavy (non-hydrogen) atoms. The second-order valence-electron chi connectivity index (χ2n) is 17.6. The molecule has 0 bridgehead atoms. The molecule has 22 heteroatoms. The van der Waals surface area contributed by atoms with Gasteiger partial charge in [-0.15, -0.1) is 5.06 Å². The zero-order valence-electron chi connectivity index (χ0n) is 45.2. The van der Waals surface area contributed by atoms with E-state index >= 15 is 0 Å². The number of nitrogens with one attached hydrogen (secondary N) is 1. The van der Waals surface area contributed by atoms with Crippen molar-refractivity contribution in [1.82, 2.24) is 34.1 Å². The summed E-state index contributed by atoms with van der Waals surface area (Å²) in [7, 11) is 0. The highest BCUT2D eigenvalue weighted by atomic mass is 16.7. The highest BCUT2D eigenvalue weighted by Gasteiger charge is 2.33. The average Bonchev–Trinajstić information content (AvgIpc) is 4.01. The van der Waals surface area contributed by atoms with Crippen molar-refractivity contribution in [1.29, 1.82) is 0 Å². The number of aliphatic hydroxyl groups is 2. The summed E-state index contributed by atoms with van der Waals surface area (Å²) in [6.45, 7) is 21.6. The molecule has 5 heterocycles. The number of fused-ring (bicyclic) bond motifs is 6. The van der Waals surface area contributed by atoms with Gasteiger partial charge in [-0.2, -0.15) is 0 Å². The first-order valence-electron chi connectivity index (χ1n) is 25.4. The molecule has 0 saturated carbocycles. The number of carbonyl (C=O) groups excluding carboxylic acids is 4. The number of aromatic nitrogens is 6. The predicted molar refractivity (Wildman–Crippen MR) is 280 cm³/mol. The zero-order valence-corrected chi connectivity index (χ0v) is 44.2. The molecule has 0 atom stereocenters. The van der Waals surface area contributed by atoms with Crippen LogP contribution in [0.4, 0.5) is 11.6 Å². The summed E-state index contributed by atoms with van der Waals surface area (Å²) in [6.07, 6.45) is 0.161. The zero-order chi connectivity index (χ0) is 55.1. The number of ether oxygens (including phenoxy) is 6. The van der Waals surface area contributed by atoms with Gasteiger partial charge in [-0.3, -0.25) is 14.4 Å². The fourth-order valence-corrected chi connectivity index (χ4v) is 7.39. The van der Waals surface area contributed by atoms with Gasteiger partial charge in [-0.05, 0) is 67.5 Å². The molecule has 1 fully saturated rings. The number of nitrogen functional groups attached to an aromatic ring is 1. The fourth-order valence-electron chi connectivity index (χ4n) is 7.39. The van der Waals surface area contributed by atoms with Crippen molar-refractivity contribution >= 4 is 79.2 Å². The van der Waals surface area contributed by atoms with Gasteiger partial charge in [0, 0.05) is 51.4 Å². The number of para-hydroxylation sites is 2. The molecule has 1 aliphatic rings. The van der Waals surface area contributed by atoms with Crippen LogP contribution in [0.2, 0.25) is 0 Å². The summed E-state index contributed by atoms with van der Waals surface area (Å²) in [5.74, 6) is 0.0455. The van der Waals surface area contributed by atoms with Crippen molar-refractivity contribution in [2.24, 2.45) is 0 Å². The highest BCUT2D eigenvalue weighted by Crippen LogP contribution is 2.33. The number of hydroxylamine groups is 2. The molecular weight excluding hydrogens is 959 g/mol. The van der Waals surface area contributed by atoms with E-state index in [4.69, 9.17) is 40.5 Å². The second kappa shape index (κ2) is 29.6. The predicted octanol–water partition coefficient (Wildman–Crippen LogP) is 6.03. The molecule has 4 aromatic heterocycles. The van der Waals surface area contributed by atoms with E-state index in [0.29, 0.717) is 112 Å². The van der Waals surface area contributed by atoms with E-state index in [1.54, 1.807) is 34.6 Å². The number of imide groups is 1. The number of rotatable bonds is 24. The molecule has 0 spiro atoms. The number of anilines is 2. The number of hydrogen-bond acceptors (Lipinski definition) is 18. The molecule has 0 aliphatic carbocycles. The summed E-state index contributed by atoms with van der Waals surface area (Å²) in [6, 6.07) is 15.5. The Kier molecular flexibility index (Phi) is 23.5. The highest BCUT2D eigenvalue weighted by molar-refractivity contribution is 6.10. The van der Waals surface area contributed by atoms with Crippen LogP contribution in [-0.2, 0) is 78.7 Å². The van der Waals surface area contributed by atoms with Crippen molar-refractivity contribution in [3.8, 4) is 0 Å². The quantitative estimate of drug-likeness (QED) is 0.0398. The van der Waals surface area contributed by atoms with E-state index in [2.05, 4.69) is 25.1 Å². The van der Waals surface area contributed by atoms with Gasteiger partial charge in [-0.25, -0.2) is 24.7 Å². The number of imidazole rings is 2. The van der Waals surface area contributed by atoms with E-state index in [1.165, 1.54) is 0 Å². The van der Waals surface area contributed by atoms with E-state index in [9.17, 15) is 29.4 Å². The van der Waals surface area contributed by atoms with Gasteiger partial charge in [0.05, 0.1) is 72.8 Å². The van der Waals surface area contributed by atoms with Crippen LogP contribution in [0.25, 0.3) is 43.9 Å². The molecule has 7 rings (SSSR count). The number of nitrogens with zero attached hydrogens (tertiary/aromatic N) is 7. The SMILES string of the molecule is CCOCCOCC(=O)Nc1nc2ccccc2c2c1nc(COCC)n2CC(C)(C)O.CCOCCOCC(=O)ON1C(=O)CCC1=O.CCOCc1nc2c(N)nc3ccccc3c2n1CC(C)(C)O.[2H]CC. The third-order valence-corrected chi connectivity index (χ3v) is 10.4. The van der Waals surface area contributed by atoms with Gasteiger partial charge in [0.25, 0.3) is 17.7 Å². The molecule has 6 aromatic rings. The molecule has 406 valence electrons. The topological polar surface area (TPSA) is 276 Å². The van der Waals surface area contributed by atoms with Crippen molar-refractivity contribution in [3.05, 3.63) is 60.2 Å². The second-order valence-corrected chi connectivity index (χ2v) is 17.6. The van der Waals surface area contributed by atoms with Crippen LogP contribution in [0, 0.1) is 0 Å². The van der Waals surface area contributed by atoms with Crippen LogP contribution in [0.1, 0.15) is 95.1 Å². The number of hydrogen-bond donors (Lipinski definition) is 4. The summed E-state index contributed by atoms with van der Waals surface area (Å²) in [5.41, 5.74) is 8.67. The number of amides is 3. The number of carbonyl (C=O) groups is 4. The Labute approximate surface area is 433 Å². The van der Waals surface area contributed by atoms with E-state index < -0.39 is 29.0 Å². The molecular formula is C52H75N9O13. The van der Waals surface area contributed by atoms with Crippen LogP contribution >= 0.6 is 0 Å². The minimum atomic E-state index is -0.975. The van der Waals surface area contributed by atoms with Crippen LogP contribution < -0.4 is 11.1 Å².